The highest BCUT2D eigenvalue weighted by molar-refractivity contribution is 7.21. The first-order valence-electron chi connectivity index (χ1n) is 11.0. The van der Waals surface area contributed by atoms with Crippen LogP contribution in [0.1, 0.15) is 59.5 Å². The van der Waals surface area contributed by atoms with Gasteiger partial charge in [0.05, 0.1) is 18.4 Å². The number of nitrogens with zero attached hydrogens (tertiary/aromatic N) is 1. The van der Waals surface area contributed by atoms with Gasteiger partial charge in [0.2, 0.25) is 5.78 Å². The highest BCUT2D eigenvalue weighted by atomic mass is 32.1. The average Bonchev–Trinajstić information content (AvgIpc) is 3.08. The van der Waals surface area contributed by atoms with E-state index in [1.54, 1.807) is 6.07 Å². The van der Waals surface area contributed by atoms with Crippen LogP contribution in [0.4, 0.5) is 10.1 Å². The van der Waals surface area contributed by atoms with Crippen LogP contribution in [0, 0.1) is 23.6 Å². The van der Waals surface area contributed by atoms with Crippen molar-refractivity contribution in [1.82, 2.24) is 4.98 Å². The zero-order valence-electron chi connectivity index (χ0n) is 17.5. The summed E-state index contributed by atoms with van der Waals surface area (Å²) in [6, 6.07) is 8.40. The van der Waals surface area contributed by atoms with Crippen LogP contribution in [0.5, 0.6) is 5.75 Å². The van der Waals surface area contributed by atoms with Gasteiger partial charge in [-0.25, -0.2) is 9.37 Å². The number of hydrogen-bond donors (Lipinski definition) is 1. The lowest BCUT2D eigenvalue weighted by atomic mass is 9.49. The van der Waals surface area contributed by atoms with Crippen LogP contribution < -0.4 is 10.5 Å². The molecular weight excluding hydrogens is 411 g/mol. The Labute approximate surface area is 184 Å². The summed E-state index contributed by atoms with van der Waals surface area (Å²) in [6.07, 6.45) is 7.88. The second-order valence-electron chi connectivity index (χ2n) is 9.77. The van der Waals surface area contributed by atoms with Gasteiger partial charge in [-0.3, -0.25) is 4.79 Å². The number of ether oxygens (including phenoxy) is 1. The average molecular weight is 437 g/mol. The molecule has 6 heteroatoms. The molecule has 4 bridgehead atoms. The fraction of sp³-hybridized carbons (Fsp3) is 0.440. The number of carbonyl (C=O) groups excluding carboxylic acids is 1. The molecule has 0 radical (unpaired) electrons. The largest absolute Gasteiger partial charge is 0.497 e. The fourth-order valence-corrected chi connectivity index (χ4v) is 7.86. The summed E-state index contributed by atoms with van der Waals surface area (Å²) >= 11 is 1.28. The van der Waals surface area contributed by atoms with Crippen LogP contribution in [0.3, 0.4) is 0 Å². The first-order valence-corrected chi connectivity index (χ1v) is 11.8. The molecule has 4 saturated carbocycles. The molecular formula is C25H25FN2O2S. The number of thiophene rings is 1. The molecule has 0 unspecified atom stereocenters. The van der Waals surface area contributed by atoms with E-state index in [2.05, 4.69) is 6.07 Å². The lowest BCUT2D eigenvalue weighted by Crippen LogP contribution is -2.48. The van der Waals surface area contributed by atoms with Crippen molar-refractivity contribution in [3.8, 4) is 5.75 Å². The van der Waals surface area contributed by atoms with Crippen molar-refractivity contribution in [1.29, 1.82) is 0 Å². The molecule has 1 aromatic carbocycles. The number of fused-ring (bicyclic) bond motifs is 1. The Kier molecular flexibility index (Phi) is 4.20. The van der Waals surface area contributed by atoms with E-state index in [0.717, 1.165) is 33.7 Å². The third-order valence-corrected chi connectivity index (χ3v) is 8.92. The Balaban J connectivity index is 1.39. The van der Waals surface area contributed by atoms with E-state index in [4.69, 9.17) is 15.5 Å². The number of nitrogens with two attached hydrogens (primary N) is 1. The molecule has 4 fully saturated rings. The van der Waals surface area contributed by atoms with Crippen molar-refractivity contribution in [2.24, 2.45) is 17.8 Å². The molecule has 0 spiro atoms. The minimum absolute atomic E-state index is 0.000337. The second-order valence-corrected chi connectivity index (χ2v) is 10.8. The number of aromatic nitrogens is 1. The second kappa shape index (κ2) is 6.76. The van der Waals surface area contributed by atoms with Gasteiger partial charge in [0.25, 0.3) is 0 Å². The Hall–Kier alpha value is -2.47. The third kappa shape index (κ3) is 2.91. The van der Waals surface area contributed by atoms with Crippen molar-refractivity contribution in [2.75, 3.05) is 12.8 Å². The van der Waals surface area contributed by atoms with Crippen molar-refractivity contribution < 1.29 is 13.9 Å². The smallest absolute Gasteiger partial charge is 0.208 e. The van der Waals surface area contributed by atoms with Crippen LogP contribution in [0.2, 0.25) is 0 Å². The number of carbonyl (C=O) groups is 1. The van der Waals surface area contributed by atoms with Crippen LogP contribution in [0.15, 0.2) is 30.3 Å². The number of hydrogen-bond acceptors (Lipinski definition) is 5. The highest BCUT2D eigenvalue weighted by Crippen LogP contribution is 2.60. The molecule has 7 rings (SSSR count). The molecule has 0 saturated heterocycles. The Bertz CT molecular complexity index is 1180. The molecule has 160 valence electrons. The first kappa shape index (κ1) is 19.2. The van der Waals surface area contributed by atoms with Gasteiger partial charge in [0.1, 0.15) is 21.3 Å². The molecule has 2 aromatic heterocycles. The fourth-order valence-electron chi connectivity index (χ4n) is 6.81. The number of pyridine rings is 1. The number of nitrogen functional groups attached to an aromatic ring is 1. The summed E-state index contributed by atoms with van der Waals surface area (Å²) in [4.78, 5) is 19.3. The van der Waals surface area contributed by atoms with E-state index in [0.29, 0.717) is 16.3 Å². The highest BCUT2D eigenvalue weighted by Gasteiger charge is 2.52. The van der Waals surface area contributed by atoms with Gasteiger partial charge in [0.15, 0.2) is 0 Å². The van der Waals surface area contributed by atoms with Crippen LogP contribution >= 0.6 is 11.3 Å². The molecule has 0 aliphatic heterocycles. The molecule has 0 amide bonds. The number of halogens is 1. The standard InChI is InChI=1S/C25H25FN2O2S/c1-30-16-2-3-17(19(26)9-16)22(29)23-21(27)18-4-5-20(28-24(18)31-23)25-10-13-6-14(11-25)8-15(7-13)12-25/h2-5,9,13-15H,6-8,10-12,27H2,1H3. The van der Waals surface area contributed by atoms with Crippen molar-refractivity contribution in [2.45, 2.75) is 43.9 Å². The maximum absolute atomic E-state index is 14.5. The zero-order valence-corrected chi connectivity index (χ0v) is 18.3. The first-order chi connectivity index (χ1) is 15.0. The molecule has 4 nitrogen and oxygen atoms in total. The Morgan fingerprint density at radius 2 is 1.81 bits per heavy atom. The van der Waals surface area contributed by atoms with E-state index in [1.807, 2.05) is 6.07 Å². The van der Waals surface area contributed by atoms with E-state index in [9.17, 15) is 9.18 Å². The minimum Gasteiger partial charge on any atom is -0.497 e. The molecule has 4 aliphatic rings. The lowest BCUT2D eigenvalue weighted by Gasteiger charge is -2.56. The van der Waals surface area contributed by atoms with Crippen molar-refractivity contribution in [3.05, 3.63) is 52.3 Å². The molecule has 2 N–H and O–H groups in total. The van der Waals surface area contributed by atoms with Gasteiger partial charge in [0, 0.05) is 22.6 Å². The summed E-state index contributed by atoms with van der Waals surface area (Å²) in [7, 11) is 1.47. The number of ketones is 1. The summed E-state index contributed by atoms with van der Waals surface area (Å²) in [6.45, 7) is 0. The van der Waals surface area contributed by atoms with E-state index in [1.165, 1.54) is 69.1 Å². The van der Waals surface area contributed by atoms with E-state index in [-0.39, 0.29) is 11.0 Å². The van der Waals surface area contributed by atoms with Crippen LogP contribution in [-0.2, 0) is 5.41 Å². The van der Waals surface area contributed by atoms with Gasteiger partial charge in [-0.2, -0.15) is 0 Å². The summed E-state index contributed by atoms with van der Waals surface area (Å²) < 4.78 is 19.5. The number of benzene rings is 1. The van der Waals surface area contributed by atoms with Crippen LogP contribution in [0.25, 0.3) is 10.2 Å². The third-order valence-electron chi connectivity index (χ3n) is 7.80. The quantitative estimate of drug-likeness (QED) is 0.531. The number of anilines is 1. The molecule has 4 aliphatic carbocycles. The van der Waals surface area contributed by atoms with Crippen molar-refractivity contribution >= 4 is 33.0 Å². The Morgan fingerprint density at radius 1 is 1.13 bits per heavy atom. The Morgan fingerprint density at radius 3 is 2.42 bits per heavy atom. The lowest BCUT2D eigenvalue weighted by molar-refractivity contribution is -0.00704. The maximum Gasteiger partial charge on any atom is 0.208 e. The van der Waals surface area contributed by atoms with Crippen LogP contribution in [-0.4, -0.2) is 17.9 Å². The molecule has 3 aromatic rings. The van der Waals surface area contributed by atoms with E-state index < -0.39 is 11.6 Å². The molecule has 2 heterocycles. The van der Waals surface area contributed by atoms with Gasteiger partial charge < -0.3 is 10.5 Å². The maximum atomic E-state index is 14.5. The number of methoxy groups -OCH3 is 1. The van der Waals surface area contributed by atoms with Gasteiger partial charge in [-0.15, -0.1) is 11.3 Å². The summed E-state index contributed by atoms with van der Waals surface area (Å²) in [5.74, 6) is 1.88. The molecule has 0 atom stereocenters. The predicted molar refractivity (Wildman–Crippen MR) is 120 cm³/mol. The normalized spacial score (nSPS) is 28.9. The van der Waals surface area contributed by atoms with Gasteiger partial charge >= 0.3 is 0 Å². The van der Waals surface area contributed by atoms with Gasteiger partial charge in [-0.1, -0.05) is 0 Å². The molecule has 31 heavy (non-hydrogen) atoms. The van der Waals surface area contributed by atoms with Gasteiger partial charge in [-0.05, 0) is 80.5 Å². The summed E-state index contributed by atoms with van der Waals surface area (Å²) in [5, 5.41) is 0.788. The topological polar surface area (TPSA) is 65.2 Å². The summed E-state index contributed by atoms with van der Waals surface area (Å²) in [5.41, 5.74) is 8.09. The van der Waals surface area contributed by atoms with E-state index >= 15 is 0 Å². The monoisotopic (exact) mass is 436 g/mol. The number of rotatable bonds is 4. The zero-order chi connectivity index (χ0) is 21.3. The minimum atomic E-state index is -0.608. The SMILES string of the molecule is COc1ccc(C(=O)c2sc3nc(C45CC6CC(CC(C6)C4)C5)ccc3c2N)c(F)c1. The van der Waals surface area contributed by atoms with Crippen molar-refractivity contribution in [3.63, 3.8) is 0 Å². The predicted octanol–water partition coefficient (Wildman–Crippen LogP) is 5.73.